The molecule has 0 radical (unpaired) electrons. The van der Waals surface area contributed by atoms with E-state index in [-0.39, 0.29) is 17.5 Å². The van der Waals surface area contributed by atoms with E-state index in [0.29, 0.717) is 58.8 Å². The molecule has 0 aliphatic carbocycles. The van der Waals surface area contributed by atoms with Gasteiger partial charge in [0.15, 0.2) is 5.82 Å². The van der Waals surface area contributed by atoms with E-state index in [1.165, 1.54) is 36.3 Å². The number of piperidine rings is 3. The highest BCUT2D eigenvalue weighted by Gasteiger charge is 2.44. The van der Waals surface area contributed by atoms with Crippen LogP contribution in [0.3, 0.4) is 0 Å². The summed E-state index contributed by atoms with van der Waals surface area (Å²) in [5.74, 6) is 0.861. The molecular formula is C54H64ClF2N11O. The van der Waals surface area contributed by atoms with Crippen LogP contribution in [0.1, 0.15) is 106 Å². The topological polar surface area (TPSA) is 95.9 Å². The average Bonchev–Trinajstić information content (AvgIpc) is 4.08. The van der Waals surface area contributed by atoms with Crippen LogP contribution in [0, 0.1) is 16.7 Å². The zero-order valence-electron chi connectivity index (χ0n) is 40.3. The fourth-order valence-electron chi connectivity index (χ4n) is 13.0. The van der Waals surface area contributed by atoms with E-state index >= 15 is 0 Å². The molecular weight excluding hydrogens is 892 g/mol. The Morgan fingerprint density at radius 1 is 0.870 bits per heavy atom. The number of carbonyl (C=O) groups is 1. The number of rotatable bonds is 8. The van der Waals surface area contributed by atoms with Crippen LogP contribution in [0.15, 0.2) is 67.0 Å². The Hall–Kier alpha value is -5.65. The Morgan fingerprint density at radius 3 is 2.22 bits per heavy atom. The first-order valence-corrected chi connectivity index (χ1v) is 25.7. The molecule has 2 aromatic heterocycles. The fraction of sp³-hybridized carbons (Fsp3) is 0.519. The number of likely N-dealkylation sites (tertiary alicyclic amines) is 1. The smallest absolute Gasteiger partial charge is 0.264 e. The van der Waals surface area contributed by atoms with Crippen LogP contribution in [0.4, 0.5) is 37.3 Å². The van der Waals surface area contributed by atoms with E-state index in [1.807, 2.05) is 29.2 Å². The van der Waals surface area contributed by atoms with Crippen molar-refractivity contribution in [2.45, 2.75) is 109 Å². The fourth-order valence-corrected chi connectivity index (χ4v) is 13.2. The van der Waals surface area contributed by atoms with Crippen LogP contribution in [-0.4, -0.2) is 106 Å². The van der Waals surface area contributed by atoms with Crippen LogP contribution in [0.25, 0.3) is 11.1 Å². The van der Waals surface area contributed by atoms with E-state index < -0.39 is 6.43 Å². The summed E-state index contributed by atoms with van der Waals surface area (Å²) < 4.78 is 33.5. The lowest BCUT2D eigenvalue weighted by Gasteiger charge is -2.43. The number of amides is 1. The maximum absolute atomic E-state index is 14.8. The van der Waals surface area contributed by atoms with Gasteiger partial charge in [-0.1, -0.05) is 11.6 Å². The predicted octanol–water partition coefficient (Wildman–Crippen LogP) is 9.93. The highest BCUT2D eigenvalue weighted by molar-refractivity contribution is 6.32. The van der Waals surface area contributed by atoms with Gasteiger partial charge in [-0.3, -0.25) is 14.2 Å². The summed E-state index contributed by atoms with van der Waals surface area (Å²) in [5, 5.41) is 19.6. The summed E-state index contributed by atoms with van der Waals surface area (Å²) >= 11 is 6.43. The van der Waals surface area contributed by atoms with E-state index in [1.54, 1.807) is 37.1 Å². The highest BCUT2D eigenvalue weighted by Crippen LogP contribution is 2.47. The summed E-state index contributed by atoms with van der Waals surface area (Å²) in [7, 11) is 1.80. The number of benzene rings is 3. The number of anilines is 5. The molecule has 0 bridgehead atoms. The molecule has 0 unspecified atom stereocenters. The Balaban J connectivity index is 0.713. The summed E-state index contributed by atoms with van der Waals surface area (Å²) in [4.78, 5) is 27.1. The molecule has 12 nitrogen and oxygen atoms in total. The van der Waals surface area contributed by atoms with Gasteiger partial charge in [-0.05, 0) is 136 Å². The number of hydrogen-bond donors (Lipinski definition) is 0. The van der Waals surface area contributed by atoms with Gasteiger partial charge < -0.3 is 29.4 Å². The van der Waals surface area contributed by atoms with Crippen molar-refractivity contribution in [3.05, 3.63) is 100.0 Å². The number of alkyl halides is 2. The molecule has 6 aliphatic rings. The van der Waals surface area contributed by atoms with Crippen LogP contribution in [0.5, 0.6) is 0 Å². The number of hydrogen-bond acceptors (Lipinski definition) is 9. The van der Waals surface area contributed by atoms with Crippen molar-refractivity contribution in [2.75, 3.05) is 78.5 Å². The highest BCUT2D eigenvalue weighted by atomic mass is 35.5. The molecule has 15 heteroatoms. The molecule has 0 N–H and O–H groups in total. The molecule has 1 amide bonds. The van der Waals surface area contributed by atoms with E-state index in [9.17, 15) is 18.8 Å². The minimum Gasteiger partial charge on any atom is -0.371 e. The predicted molar refractivity (Wildman–Crippen MR) is 269 cm³/mol. The second kappa shape index (κ2) is 18.6. The van der Waals surface area contributed by atoms with Crippen LogP contribution in [0.2, 0.25) is 5.02 Å². The first kappa shape index (κ1) is 45.8. The first-order chi connectivity index (χ1) is 33.4. The number of fused-ring (bicyclic) bond motifs is 2. The maximum atomic E-state index is 14.8. The lowest BCUT2D eigenvalue weighted by Crippen LogP contribution is -2.48. The molecule has 69 heavy (non-hydrogen) atoms. The van der Waals surface area contributed by atoms with Gasteiger partial charge >= 0.3 is 0 Å². The molecule has 362 valence electrons. The average molecular weight is 957 g/mol. The van der Waals surface area contributed by atoms with E-state index in [2.05, 4.69) is 71.5 Å². The zero-order valence-corrected chi connectivity index (χ0v) is 41.0. The van der Waals surface area contributed by atoms with Crippen molar-refractivity contribution in [3.63, 3.8) is 0 Å². The van der Waals surface area contributed by atoms with Gasteiger partial charge in [0.25, 0.3) is 6.43 Å². The number of carbonyl (C=O) groups excluding carboxylic acids is 1. The van der Waals surface area contributed by atoms with Crippen molar-refractivity contribution in [3.8, 4) is 17.2 Å². The lowest BCUT2D eigenvalue weighted by molar-refractivity contribution is -0.129. The molecule has 8 heterocycles. The molecule has 6 aliphatic heterocycles. The molecule has 4 fully saturated rings. The molecule has 5 aromatic rings. The SMILES string of the molecule is CC(=O)N1CCc2c(c(N3CCCc4cc(-c5cnn(C)c5)c(C(F)F)cc43)nn2C2CCN(C3CCN(c4ccc(N5CCC6(CC5)C[C@H](C)N(c5ccc(C#N)c(Cl)c5)C6)cc4)CC3)CC2)C1. The number of aryl methyl sites for hydroxylation is 2. The van der Waals surface area contributed by atoms with Gasteiger partial charge in [-0.25, -0.2) is 8.78 Å². The Labute approximate surface area is 410 Å². The van der Waals surface area contributed by atoms with E-state index in [4.69, 9.17) is 16.7 Å². The van der Waals surface area contributed by atoms with Crippen LogP contribution >= 0.6 is 11.6 Å². The monoisotopic (exact) mass is 955 g/mol. The second-order valence-electron chi connectivity index (χ2n) is 20.9. The Morgan fingerprint density at radius 2 is 1.57 bits per heavy atom. The molecule has 0 saturated carbocycles. The van der Waals surface area contributed by atoms with Crippen molar-refractivity contribution in [1.82, 2.24) is 29.4 Å². The molecule has 4 saturated heterocycles. The van der Waals surface area contributed by atoms with Gasteiger partial charge in [0.05, 0.1) is 29.4 Å². The van der Waals surface area contributed by atoms with E-state index in [0.717, 1.165) is 119 Å². The summed E-state index contributed by atoms with van der Waals surface area (Å²) in [6.45, 7) is 13.1. The Bertz CT molecular complexity index is 2740. The van der Waals surface area contributed by atoms with Gasteiger partial charge in [0, 0.05) is 143 Å². The molecule has 11 rings (SSSR count). The maximum Gasteiger partial charge on any atom is 0.264 e. The summed E-state index contributed by atoms with van der Waals surface area (Å²) in [6, 6.07) is 22.2. The first-order valence-electron chi connectivity index (χ1n) is 25.3. The molecule has 3 aromatic carbocycles. The third-order valence-electron chi connectivity index (χ3n) is 16.8. The van der Waals surface area contributed by atoms with Gasteiger partial charge in [0.1, 0.15) is 6.07 Å². The Kier molecular flexibility index (Phi) is 12.3. The van der Waals surface area contributed by atoms with Crippen molar-refractivity contribution < 1.29 is 13.6 Å². The number of nitriles is 1. The lowest BCUT2D eigenvalue weighted by atomic mass is 9.76. The van der Waals surface area contributed by atoms with Crippen molar-refractivity contribution >= 4 is 46.1 Å². The molecule has 1 atom stereocenters. The molecule has 1 spiro atoms. The largest absolute Gasteiger partial charge is 0.371 e. The summed E-state index contributed by atoms with van der Waals surface area (Å²) in [5.41, 5.74) is 9.89. The standard InChI is InChI=1S/C54H64ClF2N11O/c1-36-30-54(35-67(36)45-7-6-39(31-58)49(55)28-45)17-25-64(26-18-54)42-10-8-41(9-11-42)62-20-12-43(13-21-62)63-22-14-44(15-23-63)68-50-16-24-65(37(2)69)34-48(50)53(60-68)66-19-4-5-38-27-46(40-32-59-61(3)33-40)47(52(56)57)29-51(38)66/h6-11,27-29,32-33,36,43-44,52H,4-5,12-26,30,34-35H2,1-3H3/t36-/m0/s1. The van der Waals surface area contributed by atoms with Gasteiger partial charge in [0.2, 0.25) is 5.91 Å². The van der Waals surface area contributed by atoms with Crippen LogP contribution < -0.4 is 19.6 Å². The summed E-state index contributed by atoms with van der Waals surface area (Å²) in [6.07, 6.45) is 11.1. The zero-order chi connectivity index (χ0) is 47.6. The number of halogens is 3. The third kappa shape index (κ3) is 8.72. The van der Waals surface area contributed by atoms with Gasteiger partial charge in [-0.15, -0.1) is 0 Å². The van der Waals surface area contributed by atoms with Crippen molar-refractivity contribution in [1.29, 1.82) is 5.26 Å². The number of aromatic nitrogens is 4. The minimum atomic E-state index is -2.64. The normalized spacial score (nSPS) is 21.3. The van der Waals surface area contributed by atoms with Crippen LogP contribution in [-0.2, 0) is 31.2 Å². The number of nitrogens with zero attached hydrogens (tertiary/aromatic N) is 11. The third-order valence-corrected chi connectivity index (χ3v) is 17.1. The second-order valence-corrected chi connectivity index (χ2v) is 21.3. The van der Waals surface area contributed by atoms with Gasteiger partial charge in [-0.2, -0.15) is 15.5 Å². The quantitative estimate of drug-likeness (QED) is 0.151. The van der Waals surface area contributed by atoms with Crippen molar-refractivity contribution in [2.24, 2.45) is 12.5 Å². The minimum absolute atomic E-state index is 0.00595.